The summed E-state index contributed by atoms with van der Waals surface area (Å²) in [5.74, 6) is -2.40. The van der Waals surface area contributed by atoms with Crippen LogP contribution in [0.1, 0.15) is 133 Å². The molecule has 2 aromatic heterocycles. The van der Waals surface area contributed by atoms with Gasteiger partial charge in [-0.05, 0) is 84.0 Å². The summed E-state index contributed by atoms with van der Waals surface area (Å²) in [6.07, 6.45) is 0. The molecule has 9 heteroatoms. The van der Waals surface area contributed by atoms with Crippen LogP contribution in [-0.4, -0.2) is 32.1 Å². The van der Waals surface area contributed by atoms with Crippen molar-refractivity contribution in [3.63, 3.8) is 0 Å². The molecule has 5 aromatic rings. The second kappa shape index (κ2) is 17.6. The van der Waals surface area contributed by atoms with E-state index >= 15 is 0 Å². The van der Waals surface area contributed by atoms with Crippen LogP contribution >= 0.6 is 0 Å². The van der Waals surface area contributed by atoms with Gasteiger partial charge in [0.2, 0.25) is 0 Å². The Kier molecular flexibility index (Phi) is 14.7. The predicted octanol–water partition coefficient (Wildman–Crippen LogP) is 7.40. The van der Waals surface area contributed by atoms with Crippen molar-refractivity contribution in [2.24, 2.45) is 0 Å². The normalized spacial score (nSPS) is 10.9. The van der Waals surface area contributed by atoms with Crippen molar-refractivity contribution in [2.45, 2.75) is 92.9 Å². The third kappa shape index (κ3) is 10.2. The number of fused-ring (bicyclic) bond motifs is 3. The minimum Gasteiger partial charge on any atom is -0.545 e. The van der Waals surface area contributed by atoms with Crippen LogP contribution < -0.4 is 10.2 Å². The van der Waals surface area contributed by atoms with E-state index in [-0.39, 0.29) is 73.6 Å². The van der Waals surface area contributed by atoms with E-state index in [0.29, 0.717) is 11.1 Å². The third-order valence-corrected chi connectivity index (χ3v) is 8.14. The molecular weight excluding hydrogens is 717 g/mol. The van der Waals surface area contributed by atoms with Crippen molar-refractivity contribution in [3.8, 4) is 11.5 Å². The van der Waals surface area contributed by atoms with Crippen LogP contribution in [0.2, 0.25) is 0 Å². The van der Waals surface area contributed by atoms with Gasteiger partial charge in [0.15, 0.2) is 0 Å². The molecule has 49 heavy (non-hydrogen) atoms. The third-order valence-electron chi connectivity index (χ3n) is 8.14. The number of carbonyl (C=O) groups is 2. The van der Waals surface area contributed by atoms with Gasteiger partial charge in [-0.1, -0.05) is 91.8 Å². The first kappa shape index (κ1) is 41.1. The fraction of sp³-hybridized carbons (Fsp3) is 0.350. The molecular formula is C40H46CdN2O6. The van der Waals surface area contributed by atoms with Crippen molar-refractivity contribution in [3.05, 3.63) is 105 Å². The van der Waals surface area contributed by atoms with Crippen molar-refractivity contribution in [2.75, 3.05) is 0 Å². The minimum atomic E-state index is -1.33. The molecule has 3 aromatic carbocycles. The van der Waals surface area contributed by atoms with Gasteiger partial charge < -0.3 is 30.0 Å². The maximum atomic E-state index is 10.9. The molecule has 0 aliphatic rings. The standard InChI is InChI=1S/C14H12N2.2C13H18O3.Cd/c1-9-3-5-11-7-8-12-6-4-10(2)16-14(12)13(11)15-9;2*1-7(2)9-5-10(8(3)4)12(14)11(6-9)13(15)16;/h3-8H,1-2H3;2*5-8,14H,1-4H3,(H,15,16);/q;;;+2/p-2. The summed E-state index contributed by atoms with van der Waals surface area (Å²) in [5.41, 5.74) is 6.95. The molecule has 0 fully saturated rings. The minimum absolute atomic E-state index is 0. The summed E-state index contributed by atoms with van der Waals surface area (Å²) in [6.45, 7) is 19.6. The van der Waals surface area contributed by atoms with Gasteiger partial charge in [-0.15, -0.1) is 0 Å². The molecule has 0 radical (unpaired) electrons. The molecule has 0 amide bonds. The zero-order valence-corrected chi connectivity index (χ0v) is 34.2. The second-order valence-electron chi connectivity index (χ2n) is 13.3. The van der Waals surface area contributed by atoms with E-state index in [0.717, 1.165) is 44.3 Å². The Labute approximate surface area is 309 Å². The van der Waals surface area contributed by atoms with Crippen molar-refractivity contribution in [1.82, 2.24) is 9.97 Å². The van der Waals surface area contributed by atoms with Gasteiger partial charge in [0.05, 0.1) is 23.0 Å². The zero-order chi connectivity index (χ0) is 36.0. The first-order valence-corrected chi connectivity index (χ1v) is 16.2. The smallest absolute Gasteiger partial charge is 0.545 e. The first-order chi connectivity index (χ1) is 22.4. The van der Waals surface area contributed by atoms with Crippen molar-refractivity contribution < 1.29 is 57.3 Å². The van der Waals surface area contributed by atoms with E-state index in [1.54, 1.807) is 0 Å². The van der Waals surface area contributed by atoms with E-state index < -0.39 is 11.9 Å². The predicted molar refractivity (Wildman–Crippen MR) is 188 cm³/mol. The van der Waals surface area contributed by atoms with Crippen LogP contribution in [0.4, 0.5) is 0 Å². The van der Waals surface area contributed by atoms with E-state index in [2.05, 4.69) is 34.2 Å². The maximum Gasteiger partial charge on any atom is 2.00 e. The fourth-order valence-corrected chi connectivity index (χ4v) is 5.18. The first-order valence-electron chi connectivity index (χ1n) is 16.2. The maximum absolute atomic E-state index is 10.9. The molecule has 2 N–H and O–H groups in total. The van der Waals surface area contributed by atoms with Crippen LogP contribution in [-0.2, 0) is 27.3 Å². The monoisotopic (exact) mass is 764 g/mol. The Morgan fingerprint density at radius 2 is 0.857 bits per heavy atom. The average Bonchev–Trinajstić information content (AvgIpc) is 3.01. The van der Waals surface area contributed by atoms with Gasteiger partial charge in [-0.3, -0.25) is 9.97 Å². The summed E-state index contributed by atoms with van der Waals surface area (Å²) < 4.78 is 0. The van der Waals surface area contributed by atoms with Gasteiger partial charge >= 0.3 is 27.3 Å². The number of phenols is 2. The van der Waals surface area contributed by atoms with E-state index in [4.69, 9.17) is 0 Å². The molecule has 0 aliphatic carbocycles. The summed E-state index contributed by atoms with van der Waals surface area (Å²) in [4.78, 5) is 31.0. The SMILES string of the molecule is CC(C)c1cc(C(=O)[O-])c(O)c(C(C)C)c1.CC(C)c1cc(C(=O)[O-])c(O)c(C(C)C)c1.Cc1ccc2ccc3ccc(C)nc3c2n1.[Cd+2]. The molecule has 0 spiro atoms. The van der Waals surface area contributed by atoms with Crippen LogP contribution in [0, 0.1) is 13.8 Å². The zero-order valence-electron chi connectivity index (χ0n) is 30.2. The largest absolute Gasteiger partial charge is 2.00 e. The molecule has 0 aliphatic heterocycles. The van der Waals surface area contributed by atoms with Crippen LogP contribution in [0.15, 0.2) is 60.7 Å². The number of carboxylic acids is 2. The van der Waals surface area contributed by atoms with E-state index in [1.807, 2.05) is 93.5 Å². The number of hydrogen-bond acceptors (Lipinski definition) is 8. The van der Waals surface area contributed by atoms with Gasteiger partial charge in [0.25, 0.3) is 0 Å². The van der Waals surface area contributed by atoms with Gasteiger partial charge in [0.1, 0.15) is 11.5 Å². The second-order valence-corrected chi connectivity index (χ2v) is 13.3. The Balaban J connectivity index is 0.000000253. The number of aromatic carboxylic acids is 2. The Morgan fingerprint density at radius 3 is 1.12 bits per heavy atom. The molecule has 254 valence electrons. The van der Waals surface area contributed by atoms with Gasteiger partial charge in [-0.2, -0.15) is 0 Å². The summed E-state index contributed by atoms with van der Waals surface area (Å²) >= 11 is 0. The fourth-order valence-electron chi connectivity index (χ4n) is 5.18. The Morgan fingerprint density at radius 1 is 0.551 bits per heavy atom. The average molecular weight is 763 g/mol. The quantitative estimate of drug-likeness (QED) is 0.134. The number of benzene rings is 3. The number of carbonyl (C=O) groups excluding carboxylic acids is 2. The molecule has 8 nitrogen and oxygen atoms in total. The Bertz CT molecular complexity index is 1810. The van der Waals surface area contributed by atoms with E-state index in [1.165, 1.54) is 12.1 Å². The number of hydrogen-bond donors (Lipinski definition) is 2. The topological polar surface area (TPSA) is 146 Å². The van der Waals surface area contributed by atoms with Crippen LogP contribution in [0.25, 0.3) is 21.8 Å². The van der Waals surface area contributed by atoms with Gasteiger partial charge in [-0.25, -0.2) is 0 Å². The van der Waals surface area contributed by atoms with Gasteiger partial charge in [0, 0.05) is 33.3 Å². The Hall–Kier alpha value is -4.06. The number of pyridine rings is 2. The number of aryl methyl sites for hydroxylation is 2. The summed E-state index contributed by atoms with van der Waals surface area (Å²) in [6, 6.07) is 19.1. The summed E-state index contributed by atoms with van der Waals surface area (Å²) in [7, 11) is 0. The van der Waals surface area contributed by atoms with Crippen molar-refractivity contribution >= 4 is 33.7 Å². The van der Waals surface area contributed by atoms with Crippen LogP contribution in [0.3, 0.4) is 0 Å². The number of carboxylic acid groups (broad SMARTS) is 2. The molecule has 0 atom stereocenters. The molecule has 0 saturated carbocycles. The number of rotatable bonds is 6. The summed E-state index contributed by atoms with van der Waals surface area (Å²) in [5, 5.41) is 43.7. The number of aromatic hydroxyl groups is 2. The molecule has 2 heterocycles. The molecule has 5 rings (SSSR count). The molecule has 0 saturated heterocycles. The van der Waals surface area contributed by atoms with Crippen molar-refractivity contribution in [1.29, 1.82) is 0 Å². The molecule has 0 bridgehead atoms. The number of nitrogens with zero attached hydrogens (tertiary/aromatic N) is 2. The van der Waals surface area contributed by atoms with Crippen LogP contribution in [0.5, 0.6) is 11.5 Å². The number of aromatic nitrogens is 2. The van der Waals surface area contributed by atoms with E-state index in [9.17, 15) is 30.0 Å². The molecule has 0 unspecified atom stereocenters.